The number of carboxylic acid groups (broad SMARTS) is 1. The van der Waals surface area contributed by atoms with Gasteiger partial charge in [0.05, 0.1) is 0 Å². The van der Waals surface area contributed by atoms with Crippen LogP contribution in [0.4, 0.5) is 4.79 Å². The van der Waals surface area contributed by atoms with Gasteiger partial charge >= 0.3 is 12.0 Å². The van der Waals surface area contributed by atoms with Crippen molar-refractivity contribution in [3.8, 4) is 0 Å². The molecule has 5 nitrogen and oxygen atoms in total. The van der Waals surface area contributed by atoms with Gasteiger partial charge in [0, 0.05) is 13.6 Å². The summed E-state index contributed by atoms with van der Waals surface area (Å²) in [5.41, 5.74) is 0. The Morgan fingerprint density at radius 2 is 2.06 bits per heavy atom. The molecule has 17 heavy (non-hydrogen) atoms. The van der Waals surface area contributed by atoms with Crippen LogP contribution in [0.25, 0.3) is 0 Å². The first-order valence-corrected chi connectivity index (χ1v) is 5.75. The predicted octanol–water partition coefficient (Wildman–Crippen LogP) is 1.70. The highest BCUT2D eigenvalue weighted by Gasteiger charge is 2.24. The van der Waals surface area contributed by atoms with E-state index in [1.165, 1.54) is 4.90 Å². The van der Waals surface area contributed by atoms with Crippen LogP contribution in [0.3, 0.4) is 0 Å². The second kappa shape index (κ2) is 7.70. The Hall–Kier alpha value is -1.52. The summed E-state index contributed by atoms with van der Waals surface area (Å²) >= 11 is 0. The molecule has 5 heteroatoms. The summed E-state index contributed by atoms with van der Waals surface area (Å²) in [6.45, 7) is 7.71. The van der Waals surface area contributed by atoms with Crippen LogP contribution >= 0.6 is 0 Å². The molecule has 98 valence electrons. The van der Waals surface area contributed by atoms with Crippen molar-refractivity contribution in [2.24, 2.45) is 5.92 Å². The number of allylic oxidation sites excluding steroid dienone is 1. The van der Waals surface area contributed by atoms with Crippen LogP contribution in [-0.4, -0.2) is 41.6 Å². The number of nitrogens with zero attached hydrogens (tertiary/aromatic N) is 1. The van der Waals surface area contributed by atoms with Crippen LogP contribution in [0.5, 0.6) is 0 Å². The van der Waals surface area contributed by atoms with Gasteiger partial charge in [0.25, 0.3) is 0 Å². The quantitative estimate of drug-likeness (QED) is 0.527. The fourth-order valence-electron chi connectivity index (χ4n) is 1.33. The lowest BCUT2D eigenvalue weighted by Crippen LogP contribution is -2.49. The summed E-state index contributed by atoms with van der Waals surface area (Å²) in [6.07, 6.45) is 3.46. The van der Waals surface area contributed by atoms with Gasteiger partial charge in [-0.1, -0.05) is 19.9 Å². The van der Waals surface area contributed by atoms with Gasteiger partial charge in [0.1, 0.15) is 6.04 Å². The molecule has 0 aromatic rings. The van der Waals surface area contributed by atoms with Crippen molar-refractivity contribution in [3.05, 3.63) is 12.7 Å². The van der Waals surface area contributed by atoms with E-state index in [0.717, 1.165) is 12.8 Å². The summed E-state index contributed by atoms with van der Waals surface area (Å²) in [5.74, 6) is -1.15. The van der Waals surface area contributed by atoms with Gasteiger partial charge in [-0.3, -0.25) is 0 Å². The number of hydrogen-bond donors (Lipinski definition) is 2. The molecule has 2 N–H and O–H groups in total. The summed E-state index contributed by atoms with van der Waals surface area (Å²) in [5, 5.41) is 11.4. The first kappa shape index (κ1) is 15.5. The summed E-state index contributed by atoms with van der Waals surface area (Å²) in [7, 11) is 1.65. The standard InChI is InChI=1S/C12H22N2O3/c1-5-6-7-8-14(4)12(17)13-10(9(2)3)11(15)16/h5,9-10H,1,6-8H2,2-4H3,(H,13,17)(H,15,16). The lowest BCUT2D eigenvalue weighted by molar-refractivity contribution is -0.140. The fourth-order valence-corrected chi connectivity index (χ4v) is 1.33. The van der Waals surface area contributed by atoms with Crippen LogP contribution in [0.1, 0.15) is 26.7 Å². The first-order valence-electron chi connectivity index (χ1n) is 5.75. The molecule has 0 aromatic carbocycles. The third-order valence-corrected chi connectivity index (χ3v) is 2.46. The third kappa shape index (κ3) is 5.94. The van der Waals surface area contributed by atoms with Crippen LogP contribution in [0, 0.1) is 5.92 Å². The van der Waals surface area contributed by atoms with Gasteiger partial charge in [-0.25, -0.2) is 9.59 Å². The maximum absolute atomic E-state index is 11.7. The summed E-state index contributed by atoms with van der Waals surface area (Å²) in [4.78, 5) is 24.1. The molecule has 0 aliphatic carbocycles. The number of carboxylic acids is 1. The SMILES string of the molecule is C=CCCCN(C)C(=O)NC(C(=O)O)C(C)C. The average Bonchev–Trinajstić information content (AvgIpc) is 2.24. The highest BCUT2D eigenvalue weighted by atomic mass is 16.4. The number of nitrogens with one attached hydrogen (secondary N) is 1. The normalized spacial score (nSPS) is 12.0. The zero-order valence-electron chi connectivity index (χ0n) is 10.8. The highest BCUT2D eigenvalue weighted by molar-refractivity contribution is 5.82. The molecule has 0 bridgehead atoms. The number of urea groups is 1. The molecule has 0 aromatic heterocycles. The molecule has 0 aliphatic rings. The number of rotatable bonds is 7. The minimum atomic E-state index is -1.01. The monoisotopic (exact) mass is 242 g/mol. The van der Waals surface area contributed by atoms with Crippen LogP contribution < -0.4 is 5.32 Å². The Labute approximate surface area is 102 Å². The molecule has 0 radical (unpaired) electrons. The second-order valence-electron chi connectivity index (χ2n) is 4.36. The van der Waals surface area contributed by atoms with E-state index in [4.69, 9.17) is 5.11 Å². The molecule has 0 spiro atoms. The van der Waals surface area contributed by atoms with E-state index < -0.39 is 12.0 Å². The number of amides is 2. The highest BCUT2D eigenvalue weighted by Crippen LogP contribution is 2.03. The average molecular weight is 242 g/mol. The van der Waals surface area contributed by atoms with Crippen molar-refractivity contribution in [2.45, 2.75) is 32.7 Å². The number of unbranched alkanes of at least 4 members (excludes halogenated alkanes) is 1. The maximum atomic E-state index is 11.7. The molecule has 0 heterocycles. The van der Waals surface area contributed by atoms with Crippen molar-refractivity contribution >= 4 is 12.0 Å². The molecular weight excluding hydrogens is 220 g/mol. The number of carbonyl (C=O) groups is 2. The predicted molar refractivity (Wildman–Crippen MR) is 66.9 cm³/mol. The van der Waals surface area contributed by atoms with Crippen LogP contribution in [-0.2, 0) is 4.79 Å². The molecule has 0 saturated heterocycles. The minimum absolute atomic E-state index is 0.141. The minimum Gasteiger partial charge on any atom is -0.480 e. The van der Waals surface area contributed by atoms with Crippen molar-refractivity contribution in [3.63, 3.8) is 0 Å². The van der Waals surface area contributed by atoms with E-state index in [0.29, 0.717) is 6.54 Å². The molecule has 0 rings (SSSR count). The number of aliphatic carboxylic acids is 1. The summed E-state index contributed by atoms with van der Waals surface area (Å²) < 4.78 is 0. The van der Waals surface area contributed by atoms with Gasteiger partial charge < -0.3 is 15.3 Å². The van der Waals surface area contributed by atoms with Gasteiger partial charge in [-0.15, -0.1) is 6.58 Å². The Morgan fingerprint density at radius 3 is 2.47 bits per heavy atom. The third-order valence-electron chi connectivity index (χ3n) is 2.46. The molecule has 0 saturated carbocycles. The Kier molecular flexibility index (Phi) is 7.02. The van der Waals surface area contributed by atoms with E-state index in [9.17, 15) is 9.59 Å². The van der Waals surface area contributed by atoms with Crippen molar-refractivity contribution in [1.29, 1.82) is 0 Å². The van der Waals surface area contributed by atoms with Gasteiger partial charge in [0.15, 0.2) is 0 Å². The zero-order valence-corrected chi connectivity index (χ0v) is 10.8. The van der Waals surface area contributed by atoms with E-state index in [1.54, 1.807) is 27.0 Å². The van der Waals surface area contributed by atoms with Crippen molar-refractivity contribution in [1.82, 2.24) is 10.2 Å². The van der Waals surface area contributed by atoms with E-state index in [-0.39, 0.29) is 11.9 Å². The molecule has 2 amide bonds. The lowest BCUT2D eigenvalue weighted by Gasteiger charge is -2.23. The largest absolute Gasteiger partial charge is 0.480 e. The Morgan fingerprint density at radius 1 is 1.47 bits per heavy atom. The molecule has 1 unspecified atom stereocenters. The van der Waals surface area contributed by atoms with Crippen molar-refractivity contribution in [2.75, 3.05) is 13.6 Å². The first-order chi connectivity index (χ1) is 7.90. The lowest BCUT2D eigenvalue weighted by atomic mass is 10.1. The Bertz CT molecular complexity index is 277. The maximum Gasteiger partial charge on any atom is 0.326 e. The van der Waals surface area contributed by atoms with Gasteiger partial charge in [0.2, 0.25) is 0 Å². The number of hydrogen-bond acceptors (Lipinski definition) is 2. The van der Waals surface area contributed by atoms with E-state index in [1.807, 2.05) is 0 Å². The second-order valence-corrected chi connectivity index (χ2v) is 4.36. The Balaban J connectivity index is 4.21. The fraction of sp³-hybridized carbons (Fsp3) is 0.667. The van der Waals surface area contributed by atoms with Crippen LogP contribution in [0.2, 0.25) is 0 Å². The smallest absolute Gasteiger partial charge is 0.326 e. The number of carbonyl (C=O) groups excluding carboxylic acids is 1. The molecule has 1 atom stereocenters. The van der Waals surface area contributed by atoms with E-state index in [2.05, 4.69) is 11.9 Å². The molecule has 0 aliphatic heterocycles. The van der Waals surface area contributed by atoms with E-state index >= 15 is 0 Å². The molecular formula is C12H22N2O3. The zero-order chi connectivity index (χ0) is 13.4. The summed E-state index contributed by atoms with van der Waals surface area (Å²) in [6, 6.07) is -1.19. The van der Waals surface area contributed by atoms with Crippen molar-refractivity contribution < 1.29 is 14.7 Å². The van der Waals surface area contributed by atoms with Gasteiger partial charge in [-0.2, -0.15) is 0 Å². The molecule has 0 fully saturated rings. The topological polar surface area (TPSA) is 69.6 Å². The van der Waals surface area contributed by atoms with Crippen LogP contribution in [0.15, 0.2) is 12.7 Å². The van der Waals surface area contributed by atoms with Gasteiger partial charge in [-0.05, 0) is 18.8 Å².